The fraction of sp³-hybridized carbons (Fsp3) is 0.857. The highest BCUT2D eigenvalue weighted by Crippen LogP contribution is 2.27. The molecule has 0 radical (unpaired) electrons. The Bertz CT molecular complexity index is 344. The number of piperidine rings is 1. The summed E-state index contributed by atoms with van der Waals surface area (Å²) < 4.78 is 0. The Balaban J connectivity index is 2.63. The van der Waals surface area contributed by atoms with Crippen LogP contribution in [0.5, 0.6) is 0 Å². The topological polar surface area (TPSA) is 69.6 Å². The molecule has 0 aromatic carbocycles. The summed E-state index contributed by atoms with van der Waals surface area (Å²) in [5.74, 6) is -0.552. The number of aliphatic carboxylic acids is 1. The predicted octanol–water partition coefficient (Wildman–Crippen LogP) is 1.48. The predicted molar refractivity (Wildman–Crippen MR) is 73.9 cm³/mol. The highest BCUT2D eigenvalue weighted by molar-refractivity contribution is 5.82. The van der Waals surface area contributed by atoms with Crippen LogP contribution < -0.4 is 5.32 Å². The van der Waals surface area contributed by atoms with Crippen LogP contribution in [-0.2, 0) is 9.59 Å². The lowest BCUT2D eigenvalue weighted by atomic mass is 9.88. The van der Waals surface area contributed by atoms with E-state index in [1.54, 1.807) is 11.8 Å². The van der Waals surface area contributed by atoms with E-state index in [4.69, 9.17) is 0 Å². The summed E-state index contributed by atoms with van der Waals surface area (Å²) in [6.45, 7) is 8.62. The molecule has 5 nitrogen and oxygen atoms in total. The summed E-state index contributed by atoms with van der Waals surface area (Å²) in [6.07, 6.45) is 2.47. The quantitative estimate of drug-likeness (QED) is 0.794. The molecule has 0 spiro atoms. The molecule has 5 heteroatoms. The molecule has 1 amide bonds. The Morgan fingerprint density at radius 2 is 1.95 bits per heavy atom. The molecule has 2 N–H and O–H groups in total. The van der Waals surface area contributed by atoms with Gasteiger partial charge >= 0.3 is 5.97 Å². The molecular formula is C14H26N2O3. The molecule has 0 aromatic heterocycles. The number of hydrogen-bond donors (Lipinski definition) is 2. The number of carboxylic acids is 1. The van der Waals surface area contributed by atoms with Crippen LogP contribution >= 0.6 is 0 Å². The Morgan fingerprint density at radius 3 is 2.47 bits per heavy atom. The monoisotopic (exact) mass is 270 g/mol. The molecule has 2 atom stereocenters. The highest BCUT2D eigenvalue weighted by atomic mass is 16.4. The van der Waals surface area contributed by atoms with E-state index in [1.807, 2.05) is 20.8 Å². The molecule has 1 fully saturated rings. The van der Waals surface area contributed by atoms with Gasteiger partial charge in [0.2, 0.25) is 5.91 Å². The number of rotatable bonds is 5. The lowest BCUT2D eigenvalue weighted by Gasteiger charge is -2.41. The Morgan fingerprint density at radius 1 is 1.32 bits per heavy atom. The van der Waals surface area contributed by atoms with Crippen molar-refractivity contribution in [2.45, 2.75) is 58.5 Å². The third-order valence-corrected chi connectivity index (χ3v) is 4.22. The van der Waals surface area contributed by atoms with Crippen molar-refractivity contribution in [3.63, 3.8) is 0 Å². The van der Waals surface area contributed by atoms with Crippen molar-refractivity contribution >= 4 is 11.9 Å². The van der Waals surface area contributed by atoms with Gasteiger partial charge < -0.3 is 10.4 Å². The van der Waals surface area contributed by atoms with E-state index in [2.05, 4.69) is 5.32 Å². The summed E-state index contributed by atoms with van der Waals surface area (Å²) in [7, 11) is 0. The number of carbonyl (C=O) groups is 2. The van der Waals surface area contributed by atoms with Crippen molar-refractivity contribution < 1.29 is 14.7 Å². The van der Waals surface area contributed by atoms with Gasteiger partial charge in [0.1, 0.15) is 5.54 Å². The van der Waals surface area contributed by atoms with Crippen LogP contribution in [0.3, 0.4) is 0 Å². The van der Waals surface area contributed by atoms with Gasteiger partial charge in [-0.15, -0.1) is 0 Å². The van der Waals surface area contributed by atoms with Crippen LogP contribution in [0.2, 0.25) is 0 Å². The molecule has 1 aliphatic heterocycles. The first kappa shape index (κ1) is 16.0. The molecular weight excluding hydrogens is 244 g/mol. The maximum Gasteiger partial charge on any atom is 0.323 e. The van der Waals surface area contributed by atoms with Gasteiger partial charge in [0.15, 0.2) is 0 Å². The molecule has 0 aliphatic carbocycles. The van der Waals surface area contributed by atoms with Gasteiger partial charge in [-0.2, -0.15) is 0 Å². The average Bonchev–Trinajstić information content (AvgIpc) is 2.31. The zero-order chi connectivity index (χ0) is 14.6. The van der Waals surface area contributed by atoms with Gasteiger partial charge in [0.25, 0.3) is 0 Å². The Kier molecular flexibility index (Phi) is 5.35. The van der Waals surface area contributed by atoms with Crippen LogP contribution in [-0.4, -0.2) is 46.6 Å². The summed E-state index contributed by atoms with van der Waals surface area (Å²) in [4.78, 5) is 25.2. The largest absolute Gasteiger partial charge is 0.480 e. The molecule has 19 heavy (non-hydrogen) atoms. The number of carbonyl (C=O) groups excluding carboxylic acids is 1. The van der Waals surface area contributed by atoms with Crippen LogP contribution in [0.4, 0.5) is 0 Å². The van der Waals surface area contributed by atoms with Crippen LogP contribution in [0.1, 0.15) is 47.0 Å². The minimum absolute atomic E-state index is 0.0874. The van der Waals surface area contributed by atoms with E-state index in [-0.39, 0.29) is 18.5 Å². The van der Waals surface area contributed by atoms with Crippen molar-refractivity contribution in [3.8, 4) is 0 Å². The van der Waals surface area contributed by atoms with E-state index in [9.17, 15) is 14.7 Å². The van der Waals surface area contributed by atoms with Gasteiger partial charge in [0, 0.05) is 6.04 Å². The first-order valence-corrected chi connectivity index (χ1v) is 7.05. The third-order valence-electron chi connectivity index (χ3n) is 4.22. The lowest BCUT2D eigenvalue weighted by Crippen LogP contribution is -2.58. The fourth-order valence-electron chi connectivity index (χ4n) is 2.31. The maximum absolute atomic E-state index is 12.0. The Labute approximate surface area is 115 Å². The average molecular weight is 270 g/mol. The van der Waals surface area contributed by atoms with Gasteiger partial charge in [-0.3, -0.25) is 14.5 Å². The van der Waals surface area contributed by atoms with E-state index >= 15 is 0 Å². The summed E-state index contributed by atoms with van der Waals surface area (Å²) in [5, 5.41) is 12.3. The molecule has 110 valence electrons. The second-order valence-corrected chi connectivity index (χ2v) is 6.06. The molecule has 2 unspecified atom stereocenters. The van der Waals surface area contributed by atoms with Crippen LogP contribution in [0, 0.1) is 5.92 Å². The smallest absolute Gasteiger partial charge is 0.323 e. The number of amides is 1. The van der Waals surface area contributed by atoms with Gasteiger partial charge in [-0.1, -0.05) is 13.8 Å². The molecule has 1 heterocycles. The first-order chi connectivity index (χ1) is 8.77. The standard InChI is InChI=1S/C14H26N2O3/c1-10(2)11(3)15-12(17)9-16-8-6-5-7-14(16,4)13(18)19/h10-11H,5-9H2,1-4H3,(H,15,17)(H,18,19). The Hall–Kier alpha value is -1.10. The molecule has 0 bridgehead atoms. The van der Waals surface area contributed by atoms with Gasteiger partial charge in [-0.05, 0) is 45.6 Å². The molecule has 1 rings (SSSR count). The normalized spacial score (nSPS) is 26.2. The number of hydrogen-bond acceptors (Lipinski definition) is 3. The van der Waals surface area contributed by atoms with Crippen LogP contribution in [0.25, 0.3) is 0 Å². The second kappa shape index (κ2) is 6.37. The molecule has 1 saturated heterocycles. The van der Waals surface area contributed by atoms with Crippen molar-refractivity contribution in [2.75, 3.05) is 13.1 Å². The maximum atomic E-state index is 12.0. The van der Waals surface area contributed by atoms with Crippen molar-refractivity contribution in [1.29, 1.82) is 0 Å². The number of nitrogens with zero attached hydrogens (tertiary/aromatic N) is 1. The fourth-order valence-corrected chi connectivity index (χ4v) is 2.31. The van der Waals surface area contributed by atoms with Crippen molar-refractivity contribution in [2.24, 2.45) is 5.92 Å². The second-order valence-electron chi connectivity index (χ2n) is 6.06. The van der Waals surface area contributed by atoms with Crippen molar-refractivity contribution in [1.82, 2.24) is 10.2 Å². The summed E-state index contributed by atoms with van der Waals surface area (Å²) in [6, 6.07) is 0.105. The minimum atomic E-state index is -0.906. The number of likely N-dealkylation sites (tertiary alicyclic amines) is 1. The van der Waals surface area contributed by atoms with E-state index in [0.29, 0.717) is 18.9 Å². The molecule has 1 aliphatic rings. The third kappa shape index (κ3) is 3.93. The molecule has 0 saturated carbocycles. The lowest BCUT2D eigenvalue weighted by molar-refractivity contribution is -0.153. The number of carboxylic acid groups (broad SMARTS) is 1. The van der Waals surface area contributed by atoms with Crippen molar-refractivity contribution in [3.05, 3.63) is 0 Å². The summed E-state index contributed by atoms with van der Waals surface area (Å²) >= 11 is 0. The zero-order valence-electron chi connectivity index (χ0n) is 12.4. The zero-order valence-corrected chi connectivity index (χ0v) is 12.4. The van der Waals surface area contributed by atoms with E-state index < -0.39 is 11.5 Å². The van der Waals surface area contributed by atoms with E-state index in [0.717, 1.165) is 12.8 Å². The number of nitrogens with one attached hydrogen (secondary N) is 1. The highest BCUT2D eigenvalue weighted by Gasteiger charge is 2.41. The van der Waals surface area contributed by atoms with Gasteiger partial charge in [-0.25, -0.2) is 0 Å². The van der Waals surface area contributed by atoms with Crippen LogP contribution in [0.15, 0.2) is 0 Å². The first-order valence-electron chi connectivity index (χ1n) is 7.05. The molecule has 0 aromatic rings. The minimum Gasteiger partial charge on any atom is -0.480 e. The summed E-state index contributed by atoms with van der Waals surface area (Å²) in [5.41, 5.74) is -0.906. The van der Waals surface area contributed by atoms with Gasteiger partial charge in [0.05, 0.1) is 6.54 Å². The SMILES string of the molecule is CC(C)C(C)NC(=O)CN1CCCCC1(C)C(=O)O. The van der Waals surface area contributed by atoms with E-state index in [1.165, 1.54) is 0 Å².